The molecule has 0 atom stereocenters. The fourth-order valence-corrected chi connectivity index (χ4v) is 4.96. The minimum Gasteiger partial charge on any atom is -0.493 e. The zero-order chi connectivity index (χ0) is 27.6. The Morgan fingerprint density at radius 1 is 0.744 bits per heavy atom. The number of nitrogens with zero attached hydrogens (tertiary/aromatic N) is 2. The SMILES string of the molecule is COc1cc(C2N(c3ccc(C)cc3)CCN2c2ccc(C)cc2)ccc1OCc1cccc(C(F)(F)F)c1. The number of halogens is 3. The Morgan fingerprint density at radius 2 is 1.33 bits per heavy atom. The molecular weight excluding hydrogens is 501 g/mol. The number of hydrogen-bond acceptors (Lipinski definition) is 4. The van der Waals surface area contributed by atoms with Gasteiger partial charge in [0.25, 0.3) is 0 Å². The first-order chi connectivity index (χ1) is 18.7. The van der Waals surface area contributed by atoms with E-state index in [-0.39, 0.29) is 12.8 Å². The number of hydrogen-bond donors (Lipinski definition) is 0. The summed E-state index contributed by atoms with van der Waals surface area (Å²) < 4.78 is 51.0. The second-order valence-electron chi connectivity index (χ2n) is 9.83. The van der Waals surface area contributed by atoms with Crippen molar-refractivity contribution in [3.63, 3.8) is 0 Å². The van der Waals surface area contributed by atoms with Crippen molar-refractivity contribution in [3.8, 4) is 11.5 Å². The van der Waals surface area contributed by atoms with Crippen LogP contribution in [0.15, 0.2) is 91.0 Å². The van der Waals surface area contributed by atoms with Crippen LogP contribution in [-0.2, 0) is 12.8 Å². The van der Waals surface area contributed by atoms with Crippen LogP contribution < -0.4 is 19.3 Å². The zero-order valence-electron chi connectivity index (χ0n) is 22.2. The highest BCUT2D eigenvalue weighted by Crippen LogP contribution is 2.41. The van der Waals surface area contributed by atoms with Crippen LogP contribution in [-0.4, -0.2) is 20.2 Å². The molecule has 0 N–H and O–H groups in total. The molecule has 0 bridgehead atoms. The van der Waals surface area contributed by atoms with E-state index in [4.69, 9.17) is 9.47 Å². The molecule has 1 saturated heterocycles. The van der Waals surface area contributed by atoms with E-state index in [9.17, 15) is 13.2 Å². The van der Waals surface area contributed by atoms with Gasteiger partial charge in [-0.3, -0.25) is 0 Å². The Labute approximate surface area is 227 Å². The van der Waals surface area contributed by atoms with Gasteiger partial charge in [-0.25, -0.2) is 0 Å². The van der Waals surface area contributed by atoms with Crippen LogP contribution in [0.4, 0.5) is 24.5 Å². The van der Waals surface area contributed by atoms with E-state index in [0.29, 0.717) is 17.1 Å². The van der Waals surface area contributed by atoms with Crippen molar-refractivity contribution < 1.29 is 22.6 Å². The van der Waals surface area contributed by atoms with Crippen LogP contribution in [0.25, 0.3) is 0 Å². The van der Waals surface area contributed by atoms with Crippen molar-refractivity contribution >= 4 is 11.4 Å². The highest BCUT2D eigenvalue weighted by atomic mass is 19.4. The van der Waals surface area contributed by atoms with Crippen molar-refractivity contribution in [2.45, 2.75) is 32.8 Å². The van der Waals surface area contributed by atoms with Crippen molar-refractivity contribution in [3.05, 3.63) is 119 Å². The van der Waals surface area contributed by atoms with Gasteiger partial charge >= 0.3 is 6.18 Å². The Balaban J connectivity index is 1.45. The van der Waals surface area contributed by atoms with Crippen LogP contribution in [0.3, 0.4) is 0 Å². The Morgan fingerprint density at radius 3 is 1.87 bits per heavy atom. The topological polar surface area (TPSA) is 24.9 Å². The third-order valence-corrected chi connectivity index (χ3v) is 7.04. The average Bonchev–Trinajstić information content (AvgIpc) is 3.37. The van der Waals surface area contributed by atoms with Gasteiger partial charge in [0.2, 0.25) is 0 Å². The van der Waals surface area contributed by atoms with Gasteiger partial charge in [-0.1, -0.05) is 53.6 Å². The molecule has 0 aliphatic carbocycles. The zero-order valence-corrected chi connectivity index (χ0v) is 22.2. The molecule has 0 unspecified atom stereocenters. The van der Waals surface area contributed by atoms with Crippen LogP contribution in [0, 0.1) is 13.8 Å². The lowest BCUT2D eigenvalue weighted by Gasteiger charge is -2.33. The van der Waals surface area contributed by atoms with Crippen LogP contribution in [0.5, 0.6) is 11.5 Å². The number of rotatable bonds is 7. The Hall–Kier alpha value is -4.13. The Kier molecular flexibility index (Phi) is 7.42. The molecule has 202 valence electrons. The summed E-state index contributed by atoms with van der Waals surface area (Å²) in [7, 11) is 1.57. The van der Waals surface area contributed by atoms with E-state index in [1.165, 1.54) is 17.2 Å². The fourth-order valence-electron chi connectivity index (χ4n) is 4.96. The molecule has 4 aromatic carbocycles. The second kappa shape index (κ2) is 10.9. The molecule has 39 heavy (non-hydrogen) atoms. The number of methoxy groups -OCH3 is 1. The van der Waals surface area contributed by atoms with Gasteiger partial charge < -0.3 is 19.3 Å². The summed E-state index contributed by atoms with van der Waals surface area (Å²) in [6.07, 6.45) is -4.48. The van der Waals surface area contributed by atoms with Crippen LogP contribution in [0.1, 0.15) is 34.0 Å². The molecule has 1 fully saturated rings. The molecule has 0 saturated carbocycles. The number of anilines is 2. The van der Waals surface area contributed by atoms with E-state index in [2.05, 4.69) is 72.2 Å². The lowest BCUT2D eigenvalue weighted by atomic mass is 10.1. The summed E-state index contributed by atoms with van der Waals surface area (Å²) >= 11 is 0. The summed E-state index contributed by atoms with van der Waals surface area (Å²) in [5.74, 6) is 1.000. The predicted octanol–water partition coefficient (Wildman–Crippen LogP) is 7.94. The molecule has 4 nitrogen and oxygen atoms in total. The smallest absolute Gasteiger partial charge is 0.416 e. The summed E-state index contributed by atoms with van der Waals surface area (Å²) in [6.45, 7) is 5.84. The molecule has 7 heteroatoms. The molecule has 1 heterocycles. The van der Waals surface area contributed by atoms with E-state index in [1.807, 2.05) is 18.2 Å². The number of alkyl halides is 3. The maximum Gasteiger partial charge on any atom is 0.416 e. The van der Waals surface area contributed by atoms with E-state index >= 15 is 0 Å². The minimum absolute atomic E-state index is 0.00591. The first-order valence-corrected chi connectivity index (χ1v) is 12.9. The van der Waals surface area contributed by atoms with Crippen molar-refractivity contribution in [2.24, 2.45) is 0 Å². The molecule has 1 aliphatic rings. The van der Waals surface area contributed by atoms with Gasteiger partial charge in [0, 0.05) is 24.5 Å². The summed E-state index contributed by atoms with van der Waals surface area (Å²) in [5, 5.41) is 0. The quantitative estimate of drug-likeness (QED) is 0.241. The highest BCUT2D eigenvalue weighted by molar-refractivity contribution is 5.60. The maximum atomic E-state index is 13.1. The van der Waals surface area contributed by atoms with Crippen molar-refractivity contribution in [2.75, 3.05) is 30.0 Å². The van der Waals surface area contributed by atoms with Gasteiger partial charge in [0.1, 0.15) is 12.8 Å². The molecular formula is C32H31F3N2O2. The van der Waals surface area contributed by atoms with Crippen LogP contribution >= 0.6 is 0 Å². The van der Waals surface area contributed by atoms with E-state index in [0.717, 1.165) is 42.2 Å². The average molecular weight is 533 g/mol. The van der Waals surface area contributed by atoms with Gasteiger partial charge in [-0.2, -0.15) is 13.2 Å². The Bertz CT molecular complexity index is 1370. The lowest BCUT2D eigenvalue weighted by Crippen LogP contribution is -2.31. The summed E-state index contributed by atoms with van der Waals surface area (Å²) in [6, 6.07) is 28.0. The second-order valence-corrected chi connectivity index (χ2v) is 9.83. The molecule has 0 radical (unpaired) electrons. The number of ether oxygens (including phenoxy) is 2. The molecule has 1 aliphatic heterocycles. The standard InChI is InChI=1S/C32H31F3N2O2/c1-22-7-12-27(13-8-22)36-17-18-37(28-14-9-23(2)10-15-28)31(36)25-11-16-29(30(20-25)38-3)39-21-24-5-4-6-26(19-24)32(33,34)35/h4-16,19-20,31H,17-18,21H2,1-3H3. The third-order valence-electron chi connectivity index (χ3n) is 7.04. The first kappa shape index (κ1) is 26.5. The van der Waals surface area contributed by atoms with Gasteiger partial charge in [-0.05, 0) is 73.5 Å². The summed E-state index contributed by atoms with van der Waals surface area (Å²) in [5.41, 5.74) is 5.43. The molecule has 0 aromatic heterocycles. The normalized spacial score (nSPS) is 14.1. The predicted molar refractivity (Wildman–Crippen MR) is 149 cm³/mol. The van der Waals surface area contributed by atoms with Gasteiger partial charge in [0.15, 0.2) is 11.5 Å². The number of benzene rings is 4. The lowest BCUT2D eigenvalue weighted by molar-refractivity contribution is -0.137. The largest absolute Gasteiger partial charge is 0.493 e. The number of aryl methyl sites for hydroxylation is 2. The van der Waals surface area contributed by atoms with E-state index in [1.54, 1.807) is 13.2 Å². The monoisotopic (exact) mass is 532 g/mol. The molecule has 5 rings (SSSR count). The highest BCUT2D eigenvalue weighted by Gasteiger charge is 2.34. The molecule has 0 spiro atoms. The maximum absolute atomic E-state index is 13.1. The summed E-state index contributed by atoms with van der Waals surface area (Å²) in [4.78, 5) is 4.74. The van der Waals surface area contributed by atoms with Gasteiger partial charge in [0.05, 0.1) is 12.7 Å². The first-order valence-electron chi connectivity index (χ1n) is 12.9. The minimum atomic E-state index is -4.40. The van der Waals surface area contributed by atoms with E-state index < -0.39 is 11.7 Å². The third kappa shape index (κ3) is 5.82. The molecule has 4 aromatic rings. The van der Waals surface area contributed by atoms with Crippen LogP contribution in [0.2, 0.25) is 0 Å². The molecule has 0 amide bonds. The van der Waals surface area contributed by atoms with Gasteiger partial charge in [-0.15, -0.1) is 0 Å². The van der Waals surface area contributed by atoms with Crippen molar-refractivity contribution in [1.82, 2.24) is 0 Å². The fraction of sp³-hybridized carbons (Fsp3) is 0.250. The van der Waals surface area contributed by atoms with Crippen molar-refractivity contribution in [1.29, 1.82) is 0 Å².